The number of allylic oxidation sites excluding steroid dienone is 4. The van der Waals surface area contributed by atoms with Gasteiger partial charge in [-0.15, -0.1) is 6.58 Å². The van der Waals surface area contributed by atoms with E-state index in [1.807, 2.05) is 37.8 Å². The number of hydrogen-bond donors (Lipinski definition) is 1. The van der Waals surface area contributed by atoms with Crippen molar-refractivity contribution < 1.29 is 14.3 Å². The third-order valence-corrected chi connectivity index (χ3v) is 5.01. The van der Waals surface area contributed by atoms with Crippen molar-refractivity contribution in [2.45, 2.75) is 45.8 Å². The zero-order chi connectivity index (χ0) is 22.4. The van der Waals surface area contributed by atoms with Gasteiger partial charge in [0, 0.05) is 25.6 Å². The van der Waals surface area contributed by atoms with Gasteiger partial charge in [0.2, 0.25) is 0 Å². The predicted molar refractivity (Wildman–Crippen MR) is 124 cm³/mol. The van der Waals surface area contributed by atoms with Crippen LogP contribution in [0.1, 0.15) is 33.6 Å². The molecule has 3 unspecified atom stereocenters. The lowest BCUT2D eigenvalue weighted by Gasteiger charge is -2.37. The van der Waals surface area contributed by atoms with Crippen LogP contribution < -0.4 is 5.32 Å². The Hall–Kier alpha value is -2.60. The van der Waals surface area contributed by atoms with Crippen molar-refractivity contribution in [1.82, 2.24) is 10.2 Å². The van der Waals surface area contributed by atoms with Gasteiger partial charge in [0.15, 0.2) is 5.76 Å². The summed E-state index contributed by atoms with van der Waals surface area (Å²) in [6.07, 6.45) is 12.6. The van der Waals surface area contributed by atoms with E-state index >= 15 is 0 Å². The number of rotatable bonds is 13. The number of hydrogen-bond acceptors (Lipinski definition) is 5. The fraction of sp³-hybridized carbons (Fsp3) is 0.500. The van der Waals surface area contributed by atoms with Gasteiger partial charge >= 0.3 is 0 Å². The Kier molecular flexibility index (Phi) is 12.2. The Morgan fingerprint density at radius 3 is 2.73 bits per heavy atom. The third-order valence-electron chi connectivity index (χ3n) is 5.01. The van der Waals surface area contributed by atoms with Crippen LogP contribution in [0.5, 0.6) is 0 Å². The predicted octanol–water partition coefficient (Wildman–Crippen LogP) is 4.00. The fourth-order valence-electron chi connectivity index (χ4n) is 3.32. The first-order valence-corrected chi connectivity index (χ1v) is 10.5. The molecular formula is C24H37N3O3. The first-order valence-electron chi connectivity index (χ1n) is 10.5. The van der Waals surface area contributed by atoms with Crippen LogP contribution in [0.4, 0.5) is 0 Å². The second kappa shape index (κ2) is 14.4. The molecule has 1 rings (SSSR count). The summed E-state index contributed by atoms with van der Waals surface area (Å²) in [7, 11) is 0. The van der Waals surface area contributed by atoms with Crippen molar-refractivity contribution in [2.75, 3.05) is 26.2 Å². The maximum absolute atomic E-state index is 13.3. The average Bonchev–Trinajstić information content (AvgIpc) is 2.77. The van der Waals surface area contributed by atoms with Crippen molar-refractivity contribution in [3.63, 3.8) is 0 Å². The molecule has 6 nitrogen and oxygen atoms in total. The monoisotopic (exact) mass is 415 g/mol. The summed E-state index contributed by atoms with van der Waals surface area (Å²) in [5.74, 6) is 0.989. The van der Waals surface area contributed by atoms with Crippen LogP contribution in [-0.2, 0) is 14.3 Å². The Labute approximate surface area is 181 Å². The topological polar surface area (TPSA) is 63.2 Å². The highest BCUT2D eigenvalue weighted by molar-refractivity contribution is 5.91. The second-order valence-electron chi connectivity index (χ2n) is 7.12. The van der Waals surface area contributed by atoms with Crippen LogP contribution >= 0.6 is 0 Å². The lowest BCUT2D eigenvalue weighted by atomic mass is 9.97. The molecule has 0 saturated carbocycles. The Morgan fingerprint density at radius 2 is 2.13 bits per heavy atom. The Bertz CT molecular complexity index is 667. The molecule has 166 valence electrons. The van der Waals surface area contributed by atoms with Crippen LogP contribution in [-0.4, -0.2) is 55.9 Å². The van der Waals surface area contributed by atoms with E-state index in [0.717, 1.165) is 19.4 Å². The minimum Gasteiger partial charge on any atom is -0.490 e. The molecule has 30 heavy (non-hydrogen) atoms. The maximum atomic E-state index is 13.3. The van der Waals surface area contributed by atoms with Crippen molar-refractivity contribution >= 4 is 12.6 Å². The number of piperazine rings is 1. The van der Waals surface area contributed by atoms with Crippen LogP contribution in [0.15, 0.2) is 66.2 Å². The van der Waals surface area contributed by atoms with Gasteiger partial charge in [-0.05, 0) is 52.5 Å². The molecule has 1 heterocycles. The summed E-state index contributed by atoms with van der Waals surface area (Å²) in [4.78, 5) is 18.8. The summed E-state index contributed by atoms with van der Waals surface area (Å²) in [5.41, 5.74) is 0. The quantitative estimate of drug-likeness (QED) is 0.162. The zero-order valence-corrected chi connectivity index (χ0v) is 18.7. The molecule has 0 aromatic carbocycles. The molecule has 1 fully saturated rings. The Balaban J connectivity index is 2.85. The third kappa shape index (κ3) is 8.03. The standard InChI is InChI=1S/C24H37N3O3/c1-7-11-13-20(12-8-2)19(5)30-23(10-4)24(28)27-15-14-26-16-21(27)18-29-22(9-3)17-25-6/h7-10,12,17,19-21,26H,1,3,6,11,13-16,18H2,2,4-5H3/b12-8-,22-17+,23-10-. The molecule has 1 saturated heterocycles. The molecule has 1 aliphatic rings. The number of carbonyl (C=O) groups excluding carboxylic acids is 1. The largest absolute Gasteiger partial charge is 0.490 e. The van der Waals surface area contributed by atoms with E-state index in [1.54, 1.807) is 12.2 Å². The molecular weight excluding hydrogens is 378 g/mol. The van der Waals surface area contributed by atoms with Crippen LogP contribution in [0, 0.1) is 5.92 Å². The van der Waals surface area contributed by atoms with Crippen molar-refractivity contribution in [1.29, 1.82) is 0 Å². The molecule has 0 bridgehead atoms. The van der Waals surface area contributed by atoms with Crippen molar-refractivity contribution in [2.24, 2.45) is 10.9 Å². The summed E-state index contributed by atoms with van der Waals surface area (Å²) in [6.45, 7) is 19.1. The van der Waals surface area contributed by atoms with E-state index in [2.05, 4.69) is 36.3 Å². The first kappa shape index (κ1) is 25.4. The highest BCUT2D eigenvalue weighted by Crippen LogP contribution is 2.21. The summed E-state index contributed by atoms with van der Waals surface area (Å²) >= 11 is 0. The number of nitrogens with one attached hydrogen (secondary N) is 1. The van der Waals surface area contributed by atoms with Gasteiger partial charge in [0.25, 0.3) is 5.91 Å². The second-order valence-corrected chi connectivity index (χ2v) is 7.12. The normalized spacial score (nSPS) is 19.8. The van der Waals surface area contributed by atoms with E-state index in [0.29, 0.717) is 31.2 Å². The van der Waals surface area contributed by atoms with Gasteiger partial charge in [-0.3, -0.25) is 9.79 Å². The molecule has 0 aromatic heterocycles. The average molecular weight is 416 g/mol. The van der Waals surface area contributed by atoms with E-state index < -0.39 is 0 Å². The van der Waals surface area contributed by atoms with Gasteiger partial charge in [-0.1, -0.05) is 24.8 Å². The summed E-state index contributed by atoms with van der Waals surface area (Å²) in [5, 5.41) is 3.32. The van der Waals surface area contributed by atoms with Crippen molar-refractivity contribution in [3.05, 3.63) is 61.3 Å². The summed E-state index contributed by atoms with van der Waals surface area (Å²) in [6, 6.07) is -0.125. The Morgan fingerprint density at radius 1 is 1.37 bits per heavy atom. The minimum atomic E-state index is -0.125. The van der Waals surface area contributed by atoms with Crippen LogP contribution in [0.2, 0.25) is 0 Å². The summed E-state index contributed by atoms with van der Waals surface area (Å²) < 4.78 is 11.9. The molecule has 0 radical (unpaired) electrons. The molecule has 0 spiro atoms. The molecule has 1 N–H and O–H groups in total. The van der Waals surface area contributed by atoms with Gasteiger partial charge in [0.1, 0.15) is 18.5 Å². The lowest BCUT2D eigenvalue weighted by Crippen LogP contribution is -2.56. The molecule has 1 aliphatic heterocycles. The number of nitrogens with zero attached hydrogens (tertiary/aromatic N) is 2. The highest BCUT2D eigenvalue weighted by atomic mass is 16.5. The fourth-order valence-corrected chi connectivity index (χ4v) is 3.32. The van der Waals surface area contributed by atoms with Gasteiger partial charge in [0.05, 0.1) is 12.2 Å². The van der Waals surface area contributed by atoms with Gasteiger partial charge < -0.3 is 19.7 Å². The van der Waals surface area contributed by atoms with Crippen molar-refractivity contribution in [3.8, 4) is 0 Å². The molecule has 3 atom stereocenters. The smallest absolute Gasteiger partial charge is 0.289 e. The zero-order valence-electron chi connectivity index (χ0n) is 18.7. The van der Waals surface area contributed by atoms with E-state index in [9.17, 15) is 4.79 Å². The molecule has 1 amide bonds. The van der Waals surface area contributed by atoms with E-state index in [1.165, 1.54) is 6.20 Å². The molecule has 0 aliphatic carbocycles. The first-order chi connectivity index (χ1) is 14.5. The molecule has 6 heteroatoms. The number of amides is 1. The van der Waals surface area contributed by atoms with Crippen LogP contribution in [0.25, 0.3) is 0 Å². The van der Waals surface area contributed by atoms with Gasteiger partial charge in [-0.25, -0.2) is 0 Å². The molecule has 0 aromatic rings. The minimum absolute atomic E-state index is 0.117. The maximum Gasteiger partial charge on any atom is 0.289 e. The number of aliphatic imine (C=N–C) groups is 1. The van der Waals surface area contributed by atoms with E-state index in [4.69, 9.17) is 9.47 Å². The number of ether oxygens (including phenoxy) is 2. The van der Waals surface area contributed by atoms with Gasteiger partial charge in [-0.2, -0.15) is 0 Å². The lowest BCUT2D eigenvalue weighted by molar-refractivity contribution is -0.136. The van der Waals surface area contributed by atoms with E-state index in [-0.39, 0.29) is 24.0 Å². The number of carbonyl (C=O) groups is 1. The van der Waals surface area contributed by atoms with Crippen LogP contribution in [0.3, 0.4) is 0 Å². The SMILES string of the molecule is C=CCCC(/C=C\C)C(C)O/C(=C\C)C(=O)N1CCNCC1CO/C(C=C)=C/N=C. The highest BCUT2D eigenvalue weighted by Gasteiger charge is 2.31.